The molecule has 0 saturated heterocycles. The van der Waals surface area contributed by atoms with E-state index < -0.39 is 10.8 Å². The van der Waals surface area contributed by atoms with E-state index in [1.54, 1.807) is 31.3 Å². The molecule has 1 amide bonds. The predicted molar refractivity (Wildman–Crippen MR) is 106 cm³/mol. The molecule has 0 unspecified atom stereocenters. The highest BCUT2D eigenvalue weighted by atomic mass is 35.5. The number of carbonyl (C=O) groups excluding carboxylic acids is 1. The van der Waals surface area contributed by atoms with Crippen molar-refractivity contribution in [3.63, 3.8) is 0 Å². The van der Waals surface area contributed by atoms with Gasteiger partial charge in [0.05, 0.1) is 21.7 Å². The van der Waals surface area contributed by atoms with E-state index in [0.717, 1.165) is 4.90 Å². The van der Waals surface area contributed by atoms with E-state index in [-0.39, 0.29) is 22.8 Å². The number of hydrogen-bond donors (Lipinski definition) is 1. The number of carbonyl (C=O) groups is 1. The molecule has 3 rings (SSSR count). The van der Waals surface area contributed by atoms with Gasteiger partial charge in [-0.3, -0.25) is 24.0 Å². The molecule has 0 bridgehead atoms. The molecular formula is C17H15ClN4O4S. The second-order valence-corrected chi connectivity index (χ2v) is 7.29. The van der Waals surface area contributed by atoms with E-state index in [1.807, 2.05) is 0 Å². The van der Waals surface area contributed by atoms with Gasteiger partial charge in [-0.1, -0.05) is 11.6 Å². The monoisotopic (exact) mass is 406 g/mol. The lowest BCUT2D eigenvalue weighted by Gasteiger charge is -2.07. The second kappa shape index (κ2) is 7.45. The number of thioether (sulfide) groups is 1. The Bertz CT molecular complexity index is 1100. The Morgan fingerprint density at radius 3 is 2.37 bits per heavy atom. The predicted octanol–water partition coefficient (Wildman–Crippen LogP) is 3.17. The van der Waals surface area contributed by atoms with Crippen molar-refractivity contribution in [2.45, 2.75) is 4.90 Å². The van der Waals surface area contributed by atoms with Crippen LogP contribution in [0.2, 0.25) is 5.02 Å². The lowest BCUT2D eigenvalue weighted by atomic mass is 10.2. The highest BCUT2D eigenvalue weighted by Crippen LogP contribution is 2.30. The number of nitrogens with zero attached hydrogens (tertiary/aromatic N) is 3. The number of aromatic nitrogens is 2. The highest BCUT2D eigenvalue weighted by molar-refractivity contribution is 8.00. The van der Waals surface area contributed by atoms with Crippen molar-refractivity contribution >= 4 is 51.7 Å². The fraction of sp³-hybridized carbons (Fsp3) is 0.176. The maximum Gasteiger partial charge on any atom is 0.328 e. The lowest BCUT2D eigenvalue weighted by molar-refractivity contribution is -0.383. The summed E-state index contributed by atoms with van der Waals surface area (Å²) in [5.74, 6) is -0.316. The van der Waals surface area contributed by atoms with Gasteiger partial charge >= 0.3 is 5.69 Å². The Balaban J connectivity index is 1.86. The number of nitro benzene ring substituents is 1. The van der Waals surface area contributed by atoms with Crippen LogP contribution >= 0.6 is 23.4 Å². The summed E-state index contributed by atoms with van der Waals surface area (Å²) >= 11 is 7.11. The number of amides is 1. The van der Waals surface area contributed by atoms with Crippen molar-refractivity contribution in [3.05, 3.63) is 62.0 Å². The van der Waals surface area contributed by atoms with Crippen LogP contribution in [0.1, 0.15) is 0 Å². The molecule has 27 heavy (non-hydrogen) atoms. The van der Waals surface area contributed by atoms with Crippen LogP contribution in [0.25, 0.3) is 11.0 Å². The maximum absolute atomic E-state index is 12.3. The molecule has 0 spiro atoms. The molecule has 1 N–H and O–H groups in total. The molecule has 3 aromatic rings. The summed E-state index contributed by atoms with van der Waals surface area (Å²) in [6, 6.07) is 9.74. The van der Waals surface area contributed by atoms with Crippen molar-refractivity contribution in [2.24, 2.45) is 14.1 Å². The van der Waals surface area contributed by atoms with Gasteiger partial charge < -0.3 is 5.32 Å². The van der Waals surface area contributed by atoms with Crippen molar-refractivity contribution < 1.29 is 9.72 Å². The molecule has 0 fully saturated rings. The first-order valence-corrected chi connectivity index (χ1v) is 9.16. The average Bonchev–Trinajstić information content (AvgIpc) is 2.84. The largest absolute Gasteiger partial charge is 0.328 e. The van der Waals surface area contributed by atoms with E-state index in [1.165, 1.54) is 40.1 Å². The zero-order valence-corrected chi connectivity index (χ0v) is 16.0. The molecule has 1 aromatic heterocycles. The minimum absolute atomic E-state index is 0.0513. The second-order valence-electron chi connectivity index (χ2n) is 5.81. The van der Waals surface area contributed by atoms with Gasteiger partial charge in [-0.25, -0.2) is 4.79 Å². The van der Waals surface area contributed by atoms with Gasteiger partial charge in [0.1, 0.15) is 5.69 Å². The lowest BCUT2D eigenvalue weighted by Crippen LogP contribution is -2.19. The first-order chi connectivity index (χ1) is 12.8. The molecular weight excluding hydrogens is 392 g/mol. The summed E-state index contributed by atoms with van der Waals surface area (Å²) in [7, 11) is 3.11. The number of benzene rings is 2. The van der Waals surface area contributed by atoms with Crippen LogP contribution in [0.3, 0.4) is 0 Å². The normalized spacial score (nSPS) is 10.9. The molecule has 0 radical (unpaired) electrons. The van der Waals surface area contributed by atoms with Crippen LogP contribution in [0.5, 0.6) is 0 Å². The number of aryl methyl sites for hydroxylation is 2. The van der Waals surface area contributed by atoms with Crippen LogP contribution in [0.15, 0.2) is 46.1 Å². The number of fused-ring (bicyclic) bond motifs is 1. The van der Waals surface area contributed by atoms with Gasteiger partial charge in [-0.05, 0) is 30.3 Å². The zero-order valence-electron chi connectivity index (χ0n) is 14.4. The van der Waals surface area contributed by atoms with Crippen molar-refractivity contribution in [3.8, 4) is 0 Å². The Kier molecular flexibility index (Phi) is 5.24. The number of rotatable bonds is 5. The van der Waals surface area contributed by atoms with Crippen LogP contribution in [0.4, 0.5) is 11.4 Å². The van der Waals surface area contributed by atoms with Crippen LogP contribution < -0.4 is 11.0 Å². The summed E-state index contributed by atoms with van der Waals surface area (Å²) in [5, 5.41) is 14.6. The summed E-state index contributed by atoms with van der Waals surface area (Å²) in [6.07, 6.45) is 0. The Morgan fingerprint density at radius 2 is 1.78 bits per heavy atom. The molecule has 1 heterocycles. The van der Waals surface area contributed by atoms with Gasteiger partial charge in [-0.2, -0.15) is 0 Å². The van der Waals surface area contributed by atoms with Gasteiger partial charge in [0.2, 0.25) is 5.91 Å². The molecule has 140 valence electrons. The summed E-state index contributed by atoms with van der Waals surface area (Å²) in [4.78, 5) is 36.0. The highest BCUT2D eigenvalue weighted by Gasteiger charge is 2.21. The van der Waals surface area contributed by atoms with E-state index in [2.05, 4.69) is 5.32 Å². The number of imidazole rings is 1. The molecule has 0 saturated carbocycles. The third-order valence-electron chi connectivity index (χ3n) is 4.04. The fourth-order valence-electron chi connectivity index (χ4n) is 2.65. The quantitative estimate of drug-likeness (QED) is 0.398. The van der Waals surface area contributed by atoms with Crippen LogP contribution in [-0.4, -0.2) is 25.7 Å². The average molecular weight is 407 g/mol. The first-order valence-electron chi connectivity index (χ1n) is 7.80. The summed E-state index contributed by atoms with van der Waals surface area (Å²) in [6.45, 7) is 0. The summed E-state index contributed by atoms with van der Waals surface area (Å²) < 4.78 is 2.70. The van der Waals surface area contributed by atoms with Gasteiger partial charge in [-0.15, -0.1) is 11.8 Å². The molecule has 2 aromatic carbocycles. The van der Waals surface area contributed by atoms with Crippen LogP contribution in [0, 0.1) is 10.1 Å². The number of hydrogen-bond acceptors (Lipinski definition) is 5. The minimum atomic E-state index is -0.584. The zero-order chi connectivity index (χ0) is 19.7. The number of nitro groups is 1. The fourth-order valence-corrected chi connectivity index (χ4v) is 3.48. The Morgan fingerprint density at radius 1 is 1.19 bits per heavy atom. The standard InChI is InChI=1S/C17H15ClN4O4S/c1-20-14-7-12(13(22(25)26)8-15(14)21(2)17(20)24)19-16(23)9-27-11-5-3-10(18)4-6-11/h3-8H,9H2,1-2H3,(H,19,23). The van der Waals surface area contributed by atoms with Crippen molar-refractivity contribution in [1.29, 1.82) is 0 Å². The van der Waals surface area contributed by atoms with Crippen molar-refractivity contribution in [1.82, 2.24) is 9.13 Å². The first kappa shape index (κ1) is 19.0. The van der Waals surface area contributed by atoms with E-state index in [0.29, 0.717) is 16.1 Å². The third kappa shape index (κ3) is 3.83. The maximum atomic E-state index is 12.3. The molecule has 0 aliphatic carbocycles. The molecule has 8 nitrogen and oxygen atoms in total. The van der Waals surface area contributed by atoms with Crippen molar-refractivity contribution in [2.75, 3.05) is 11.1 Å². The van der Waals surface area contributed by atoms with E-state index >= 15 is 0 Å². The summed E-state index contributed by atoms with van der Waals surface area (Å²) in [5.41, 5.74) is 0.390. The van der Waals surface area contributed by atoms with E-state index in [4.69, 9.17) is 11.6 Å². The molecule has 0 aliphatic heterocycles. The van der Waals surface area contributed by atoms with Gasteiger partial charge in [0, 0.05) is 30.1 Å². The van der Waals surface area contributed by atoms with Gasteiger partial charge in [0.15, 0.2) is 0 Å². The number of halogens is 1. The number of nitrogens with one attached hydrogen (secondary N) is 1. The van der Waals surface area contributed by atoms with E-state index in [9.17, 15) is 19.7 Å². The smallest absolute Gasteiger partial charge is 0.320 e. The minimum Gasteiger partial charge on any atom is -0.320 e. The molecule has 0 aliphatic rings. The molecule has 10 heteroatoms. The van der Waals surface area contributed by atoms with Crippen LogP contribution in [-0.2, 0) is 18.9 Å². The Hall–Kier alpha value is -2.78. The number of anilines is 1. The topological polar surface area (TPSA) is 99.2 Å². The third-order valence-corrected chi connectivity index (χ3v) is 5.31. The SMILES string of the molecule is Cn1c(=O)n(C)c2cc([N+](=O)[O-])c(NC(=O)CSc3ccc(Cl)cc3)cc21. The Labute approximate surface area is 162 Å². The van der Waals surface area contributed by atoms with Gasteiger partial charge in [0.25, 0.3) is 5.69 Å². The molecule has 0 atom stereocenters.